The van der Waals surface area contributed by atoms with Crippen molar-refractivity contribution >= 4 is 23.6 Å². The first-order valence-corrected chi connectivity index (χ1v) is 9.61. The van der Waals surface area contributed by atoms with Gasteiger partial charge in [-0.1, -0.05) is 25.1 Å². The highest BCUT2D eigenvalue weighted by molar-refractivity contribution is 6.23. The molecule has 0 N–H and O–H groups in total. The van der Waals surface area contributed by atoms with Gasteiger partial charge in [-0.2, -0.15) is 0 Å². The molecule has 30 heavy (non-hydrogen) atoms. The van der Waals surface area contributed by atoms with Crippen LogP contribution in [-0.4, -0.2) is 33.2 Å². The van der Waals surface area contributed by atoms with Crippen LogP contribution in [0.4, 0.5) is 5.69 Å². The van der Waals surface area contributed by atoms with Gasteiger partial charge in [0.05, 0.1) is 32.5 Å². The SMILES string of the molecule is CCc1ccc(N2C(=O)/C(=C\c3ccc(OC)c(OC)c3)C(C(=O)OC)=C2C)cc1. The number of carbonyl (C=O) groups excluding carboxylic acids is 2. The van der Waals surface area contributed by atoms with E-state index in [1.54, 1.807) is 45.4 Å². The number of carbonyl (C=O) groups is 2. The van der Waals surface area contributed by atoms with E-state index in [9.17, 15) is 9.59 Å². The molecule has 0 bridgehead atoms. The predicted molar refractivity (Wildman–Crippen MR) is 116 cm³/mol. The molecule has 0 saturated heterocycles. The molecule has 156 valence electrons. The number of ether oxygens (including phenoxy) is 3. The molecule has 0 radical (unpaired) electrons. The lowest BCUT2D eigenvalue weighted by atomic mass is 10.0. The van der Waals surface area contributed by atoms with Gasteiger partial charge < -0.3 is 14.2 Å². The van der Waals surface area contributed by atoms with Crippen LogP contribution in [0.2, 0.25) is 0 Å². The second kappa shape index (κ2) is 8.86. The Bertz CT molecular complexity index is 1030. The van der Waals surface area contributed by atoms with Gasteiger partial charge in [0.15, 0.2) is 11.5 Å². The highest BCUT2D eigenvalue weighted by atomic mass is 16.5. The Morgan fingerprint density at radius 3 is 2.23 bits per heavy atom. The Balaban J connectivity index is 2.10. The first-order chi connectivity index (χ1) is 14.4. The monoisotopic (exact) mass is 407 g/mol. The smallest absolute Gasteiger partial charge is 0.340 e. The zero-order valence-corrected chi connectivity index (χ0v) is 17.8. The Morgan fingerprint density at radius 2 is 1.67 bits per heavy atom. The topological polar surface area (TPSA) is 65.1 Å². The van der Waals surface area contributed by atoms with Gasteiger partial charge in [-0.05, 0) is 54.8 Å². The third-order valence-corrected chi connectivity index (χ3v) is 5.11. The minimum Gasteiger partial charge on any atom is -0.493 e. The Kier molecular flexibility index (Phi) is 6.26. The van der Waals surface area contributed by atoms with Gasteiger partial charge in [0.2, 0.25) is 0 Å². The van der Waals surface area contributed by atoms with Crippen molar-refractivity contribution < 1.29 is 23.8 Å². The molecule has 0 aromatic heterocycles. The van der Waals surface area contributed by atoms with Crippen molar-refractivity contribution in [3.8, 4) is 11.5 Å². The summed E-state index contributed by atoms with van der Waals surface area (Å²) in [5.41, 5.74) is 3.62. The molecule has 0 atom stereocenters. The van der Waals surface area contributed by atoms with E-state index in [1.807, 2.05) is 24.3 Å². The van der Waals surface area contributed by atoms with Gasteiger partial charge in [-0.3, -0.25) is 9.69 Å². The molecule has 1 aliphatic heterocycles. The first-order valence-electron chi connectivity index (χ1n) is 9.61. The number of benzene rings is 2. The maximum Gasteiger partial charge on any atom is 0.340 e. The van der Waals surface area contributed by atoms with E-state index in [2.05, 4.69) is 6.92 Å². The summed E-state index contributed by atoms with van der Waals surface area (Å²) in [5, 5.41) is 0. The molecule has 1 aliphatic rings. The lowest BCUT2D eigenvalue weighted by molar-refractivity contribution is -0.136. The van der Waals surface area contributed by atoms with Crippen LogP contribution in [0, 0.1) is 0 Å². The second-order valence-corrected chi connectivity index (χ2v) is 6.78. The maximum absolute atomic E-state index is 13.3. The summed E-state index contributed by atoms with van der Waals surface area (Å²) in [6.45, 7) is 3.81. The van der Waals surface area contributed by atoms with Crippen LogP contribution in [0.3, 0.4) is 0 Å². The number of nitrogens with zero attached hydrogens (tertiary/aromatic N) is 1. The molecule has 3 rings (SSSR count). The maximum atomic E-state index is 13.3. The summed E-state index contributed by atoms with van der Waals surface area (Å²) < 4.78 is 15.6. The highest BCUT2D eigenvalue weighted by Gasteiger charge is 2.37. The van der Waals surface area contributed by atoms with Crippen molar-refractivity contribution in [1.29, 1.82) is 0 Å². The van der Waals surface area contributed by atoms with E-state index >= 15 is 0 Å². The Hall–Kier alpha value is -3.54. The second-order valence-electron chi connectivity index (χ2n) is 6.78. The summed E-state index contributed by atoms with van der Waals surface area (Å²) in [6.07, 6.45) is 2.57. The zero-order valence-electron chi connectivity index (χ0n) is 17.8. The molecule has 6 nitrogen and oxygen atoms in total. The van der Waals surface area contributed by atoms with Gasteiger partial charge >= 0.3 is 5.97 Å². The summed E-state index contributed by atoms with van der Waals surface area (Å²) in [6, 6.07) is 13.0. The fraction of sp³-hybridized carbons (Fsp3) is 0.250. The van der Waals surface area contributed by atoms with Crippen LogP contribution in [0.1, 0.15) is 25.0 Å². The van der Waals surface area contributed by atoms with Crippen LogP contribution >= 0.6 is 0 Å². The number of methoxy groups -OCH3 is 3. The van der Waals surface area contributed by atoms with E-state index < -0.39 is 5.97 Å². The number of amides is 1. The lowest BCUT2D eigenvalue weighted by Crippen LogP contribution is -2.24. The lowest BCUT2D eigenvalue weighted by Gasteiger charge is -2.18. The number of hydrogen-bond donors (Lipinski definition) is 0. The van der Waals surface area contributed by atoms with Gasteiger partial charge in [-0.15, -0.1) is 0 Å². The largest absolute Gasteiger partial charge is 0.493 e. The van der Waals surface area contributed by atoms with Crippen LogP contribution in [0.15, 0.2) is 59.3 Å². The summed E-state index contributed by atoms with van der Waals surface area (Å²) in [4.78, 5) is 27.4. The third kappa shape index (κ3) is 3.81. The molecule has 1 amide bonds. The molecular formula is C24H25NO5. The fourth-order valence-electron chi connectivity index (χ4n) is 3.48. The van der Waals surface area contributed by atoms with Crippen molar-refractivity contribution in [3.63, 3.8) is 0 Å². The Morgan fingerprint density at radius 1 is 1.00 bits per heavy atom. The molecule has 2 aromatic carbocycles. The van der Waals surface area contributed by atoms with Gasteiger partial charge in [0.1, 0.15) is 0 Å². The molecule has 0 spiro atoms. The van der Waals surface area contributed by atoms with Gasteiger partial charge in [0.25, 0.3) is 5.91 Å². The standard InChI is InChI=1S/C24H25NO5/c1-6-16-7-10-18(11-8-16)25-15(2)22(24(27)30-5)19(23(25)26)13-17-9-12-20(28-3)21(14-17)29-4/h7-14H,6H2,1-5H3/b19-13-. The van der Waals surface area contributed by atoms with Crippen molar-refractivity contribution in [2.75, 3.05) is 26.2 Å². The minimum absolute atomic E-state index is 0.247. The third-order valence-electron chi connectivity index (χ3n) is 5.11. The molecule has 6 heteroatoms. The molecular weight excluding hydrogens is 382 g/mol. The number of rotatable bonds is 6. The predicted octanol–water partition coefficient (Wildman–Crippen LogP) is 4.14. The van der Waals surface area contributed by atoms with Crippen LogP contribution in [0.5, 0.6) is 11.5 Å². The summed E-state index contributed by atoms with van der Waals surface area (Å²) >= 11 is 0. The normalized spacial score (nSPS) is 15.0. The van der Waals surface area contributed by atoms with E-state index in [4.69, 9.17) is 14.2 Å². The number of hydrogen-bond acceptors (Lipinski definition) is 5. The van der Waals surface area contributed by atoms with Crippen molar-refractivity contribution in [2.45, 2.75) is 20.3 Å². The fourth-order valence-corrected chi connectivity index (χ4v) is 3.48. The molecule has 0 aliphatic carbocycles. The highest BCUT2D eigenvalue weighted by Crippen LogP contribution is 2.36. The average molecular weight is 407 g/mol. The van der Waals surface area contributed by atoms with Gasteiger partial charge in [-0.25, -0.2) is 4.79 Å². The summed E-state index contributed by atoms with van der Waals surface area (Å²) in [5.74, 6) is 0.270. The van der Waals surface area contributed by atoms with Crippen molar-refractivity contribution in [3.05, 3.63) is 70.4 Å². The minimum atomic E-state index is -0.555. The van der Waals surface area contributed by atoms with Crippen LogP contribution < -0.4 is 14.4 Å². The zero-order chi connectivity index (χ0) is 21.8. The van der Waals surface area contributed by atoms with E-state index in [0.29, 0.717) is 28.4 Å². The molecule has 2 aromatic rings. The Labute approximate surface area is 176 Å². The van der Waals surface area contributed by atoms with Gasteiger partial charge in [0, 0.05) is 11.4 Å². The molecule has 0 unspecified atom stereocenters. The number of aryl methyl sites for hydroxylation is 1. The van der Waals surface area contributed by atoms with Crippen molar-refractivity contribution in [2.24, 2.45) is 0 Å². The van der Waals surface area contributed by atoms with E-state index in [0.717, 1.165) is 6.42 Å². The molecule has 0 saturated carbocycles. The number of allylic oxidation sites excluding steroid dienone is 1. The van der Waals surface area contributed by atoms with E-state index in [1.165, 1.54) is 17.6 Å². The average Bonchev–Trinajstić information content (AvgIpc) is 3.02. The first kappa shape index (κ1) is 21.2. The quantitative estimate of drug-likeness (QED) is 0.532. The van der Waals surface area contributed by atoms with Crippen LogP contribution in [-0.2, 0) is 20.7 Å². The van der Waals surface area contributed by atoms with E-state index in [-0.39, 0.29) is 17.1 Å². The van der Waals surface area contributed by atoms with Crippen LogP contribution in [0.25, 0.3) is 6.08 Å². The summed E-state index contributed by atoms with van der Waals surface area (Å²) in [7, 11) is 4.40. The van der Waals surface area contributed by atoms with Crippen molar-refractivity contribution in [1.82, 2.24) is 0 Å². The number of esters is 1. The molecule has 0 fully saturated rings. The molecule has 1 heterocycles. The number of anilines is 1.